The van der Waals surface area contributed by atoms with E-state index in [0.29, 0.717) is 0 Å². The topological polar surface area (TPSA) is 64.9 Å². The van der Waals surface area contributed by atoms with Gasteiger partial charge >= 0.3 is 0 Å². The lowest BCUT2D eigenvalue weighted by molar-refractivity contribution is -0.121. The summed E-state index contributed by atoms with van der Waals surface area (Å²) in [7, 11) is 0. The van der Waals surface area contributed by atoms with Crippen LogP contribution >= 0.6 is 0 Å². The Morgan fingerprint density at radius 3 is 2.85 bits per heavy atom. The fraction of sp³-hybridized carbons (Fsp3) is 0.778. The summed E-state index contributed by atoms with van der Waals surface area (Å²) in [5.41, 5.74) is 5.33. The van der Waals surface area contributed by atoms with Crippen LogP contribution in [-0.2, 0) is 4.79 Å². The van der Waals surface area contributed by atoms with Crippen LogP contribution in [0.1, 0.15) is 39.5 Å². The van der Waals surface area contributed by atoms with Crippen LogP contribution < -0.4 is 10.9 Å². The normalized spacial score (nSPS) is 11.8. The molecule has 0 rings (SSSR count). The molecular weight excluding hydrogens is 166 g/mol. The predicted molar refractivity (Wildman–Crippen MR) is 50.5 cm³/mol. The molecule has 0 bridgehead atoms. The highest BCUT2D eigenvalue weighted by Crippen LogP contribution is 1.97. The van der Waals surface area contributed by atoms with Crippen molar-refractivity contribution in [1.29, 1.82) is 5.26 Å². The molecule has 0 aliphatic rings. The highest BCUT2D eigenvalue weighted by molar-refractivity contribution is 5.77. The van der Waals surface area contributed by atoms with E-state index in [2.05, 4.69) is 17.8 Å². The van der Waals surface area contributed by atoms with Crippen molar-refractivity contribution in [3.63, 3.8) is 0 Å². The monoisotopic (exact) mass is 183 g/mol. The summed E-state index contributed by atoms with van der Waals surface area (Å²) < 4.78 is 0. The molecule has 0 saturated carbocycles. The molecule has 0 aliphatic heterocycles. The van der Waals surface area contributed by atoms with Gasteiger partial charge in [0.25, 0.3) is 0 Å². The van der Waals surface area contributed by atoms with Crippen LogP contribution in [0.25, 0.3) is 0 Å². The molecule has 0 saturated heterocycles. The lowest BCUT2D eigenvalue weighted by Crippen LogP contribution is -2.42. The van der Waals surface area contributed by atoms with Gasteiger partial charge in [-0.05, 0) is 13.3 Å². The van der Waals surface area contributed by atoms with Crippen molar-refractivity contribution in [2.45, 2.75) is 45.6 Å². The maximum atomic E-state index is 10.8. The summed E-state index contributed by atoms with van der Waals surface area (Å²) in [5, 5.41) is 8.20. The van der Waals surface area contributed by atoms with Gasteiger partial charge in [-0.1, -0.05) is 19.8 Å². The van der Waals surface area contributed by atoms with Crippen LogP contribution in [0.2, 0.25) is 0 Å². The molecule has 0 fully saturated rings. The molecule has 13 heavy (non-hydrogen) atoms. The van der Waals surface area contributed by atoms with Crippen molar-refractivity contribution >= 4 is 5.91 Å². The number of carbonyl (C=O) groups excluding carboxylic acids is 1. The maximum Gasteiger partial charge on any atom is 0.248 e. The smallest absolute Gasteiger partial charge is 0.248 e. The average molecular weight is 183 g/mol. The summed E-state index contributed by atoms with van der Waals surface area (Å²) in [5.74, 6) is -0.272. The number of unbranched alkanes of at least 4 members (excludes halogenated alkanes) is 1. The molecule has 74 valence electrons. The second-order valence-electron chi connectivity index (χ2n) is 3.07. The number of hydrogen-bond acceptors (Lipinski definition) is 3. The molecular formula is C9H17N3O. The second kappa shape index (κ2) is 7.56. The van der Waals surface area contributed by atoms with Crippen LogP contribution in [0.3, 0.4) is 0 Å². The lowest BCUT2D eigenvalue weighted by atomic mass is 10.1. The van der Waals surface area contributed by atoms with Gasteiger partial charge in [0.15, 0.2) is 0 Å². The van der Waals surface area contributed by atoms with E-state index in [4.69, 9.17) is 5.26 Å². The van der Waals surface area contributed by atoms with Crippen LogP contribution in [0.5, 0.6) is 0 Å². The quantitative estimate of drug-likeness (QED) is 0.606. The zero-order valence-corrected chi connectivity index (χ0v) is 8.26. The van der Waals surface area contributed by atoms with E-state index >= 15 is 0 Å². The maximum absolute atomic E-state index is 10.8. The van der Waals surface area contributed by atoms with Gasteiger partial charge in [0.05, 0.1) is 6.07 Å². The second-order valence-corrected chi connectivity index (χ2v) is 3.07. The lowest BCUT2D eigenvalue weighted by Gasteiger charge is -2.13. The van der Waals surface area contributed by atoms with Gasteiger partial charge in [-0.3, -0.25) is 10.2 Å². The van der Waals surface area contributed by atoms with Crippen molar-refractivity contribution < 1.29 is 4.79 Å². The summed E-state index contributed by atoms with van der Waals surface area (Å²) in [6, 6.07) is 2.05. The van der Waals surface area contributed by atoms with E-state index in [1.54, 1.807) is 6.07 Å². The van der Waals surface area contributed by atoms with Crippen molar-refractivity contribution in [3.05, 3.63) is 0 Å². The van der Waals surface area contributed by atoms with Crippen LogP contribution in [0.4, 0.5) is 0 Å². The Bertz CT molecular complexity index is 186. The van der Waals surface area contributed by atoms with Gasteiger partial charge in [-0.15, -0.1) is 0 Å². The summed E-state index contributed by atoms with van der Waals surface area (Å²) in [6.45, 7) is 4.13. The highest BCUT2D eigenvalue weighted by atomic mass is 16.2. The van der Waals surface area contributed by atoms with Gasteiger partial charge in [0.2, 0.25) is 5.91 Å². The zero-order valence-electron chi connectivity index (χ0n) is 8.26. The minimum atomic E-state index is -0.272. The first-order chi connectivity index (χ1) is 6.20. The van der Waals surface area contributed by atoms with E-state index in [1.807, 2.05) is 6.92 Å². The third-order valence-corrected chi connectivity index (χ3v) is 1.69. The molecule has 0 aromatic rings. The summed E-state index contributed by atoms with van der Waals surface area (Å²) in [6.07, 6.45) is 3.23. The van der Waals surface area contributed by atoms with Crippen LogP contribution in [-0.4, -0.2) is 11.9 Å². The molecule has 0 spiro atoms. The van der Waals surface area contributed by atoms with Crippen molar-refractivity contribution in [2.75, 3.05) is 0 Å². The van der Waals surface area contributed by atoms with Gasteiger partial charge in [-0.25, -0.2) is 5.43 Å². The fourth-order valence-electron chi connectivity index (χ4n) is 0.902. The molecule has 0 heterocycles. The molecule has 2 N–H and O–H groups in total. The number of nitrogens with zero attached hydrogens (tertiary/aromatic N) is 1. The van der Waals surface area contributed by atoms with Crippen molar-refractivity contribution in [3.8, 4) is 6.07 Å². The number of carbonyl (C=O) groups is 1. The summed E-state index contributed by atoms with van der Waals surface area (Å²) in [4.78, 5) is 10.8. The Labute approximate surface area is 79.3 Å². The van der Waals surface area contributed by atoms with Gasteiger partial charge in [0.1, 0.15) is 6.42 Å². The first-order valence-electron chi connectivity index (χ1n) is 4.62. The Kier molecular flexibility index (Phi) is 6.93. The predicted octanol–water partition coefficient (Wildman–Crippen LogP) is 1.10. The fourth-order valence-corrected chi connectivity index (χ4v) is 0.902. The Morgan fingerprint density at radius 2 is 2.31 bits per heavy atom. The number of rotatable bonds is 6. The number of hydrogen-bond donors (Lipinski definition) is 2. The molecule has 1 unspecified atom stereocenters. The minimum absolute atomic E-state index is 0.0898. The number of amides is 1. The zero-order chi connectivity index (χ0) is 10.1. The number of nitrogens with one attached hydrogen (secondary N) is 2. The molecule has 0 aliphatic carbocycles. The third-order valence-electron chi connectivity index (χ3n) is 1.69. The average Bonchev–Trinajstić information content (AvgIpc) is 2.12. The van der Waals surface area contributed by atoms with E-state index in [1.165, 1.54) is 0 Å². The Balaban J connectivity index is 3.41. The Hall–Kier alpha value is -1.08. The SMILES string of the molecule is CCCCC(C)NNC(=O)CC#N. The van der Waals surface area contributed by atoms with Crippen molar-refractivity contribution in [1.82, 2.24) is 10.9 Å². The van der Waals surface area contributed by atoms with Gasteiger partial charge in [0, 0.05) is 6.04 Å². The summed E-state index contributed by atoms with van der Waals surface area (Å²) >= 11 is 0. The van der Waals surface area contributed by atoms with E-state index in [9.17, 15) is 4.79 Å². The third kappa shape index (κ3) is 7.29. The standard InChI is InChI=1S/C9H17N3O/c1-3-4-5-8(2)11-12-9(13)6-7-10/h8,11H,3-6H2,1-2H3,(H,12,13). The molecule has 1 atom stereocenters. The largest absolute Gasteiger partial charge is 0.290 e. The molecule has 1 amide bonds. The van der Waals surface area contributed by atoms with Crippen LogP contribution in [0.15, 0.2) is 0 Å². The highest BCUT2D eigenvalue weighted by Gasteiger charge is 2.02. The molecule has 4 heteroatoms. The first kappa shape index (κ1) is 11.9. The van der Waals surface area contributed by atoms with E-state index in [0.717, 1.165) is 19.3 Å². The van der Waals surface area contributed by atoms with Gasteiger partial charge < -0.3 is 0 Å². The minimum Gasteiger partial charge on any atom is -0.290 e. The molecule has 0 aromatic heterocycles. The van der Waals surface area contributed by atoms with Gasteiger partial charge in [-0.2, -0.15) is 5.26 Å². The number of hydrazine groups is 1. The number of nitriles is 1. The van der Waals surface area contributed by atoms with Crippen molar-refractivity contribution in [2.24, 2.45) is 0 Å². The van der Waals surface area contributed by atoms with E-state index in [-0.39, 0.29) is 18.4 Å². The Morgan fingerprint density at radius 1 is 1.62 bits per heavy atom. The molecule has 0 radical (unpaired) electrons. The van der Waals surface area contributed by atoms with Crippen LogP contribution in [0, 0.1) is 11.3 Å². The molecule has 4 nitrogen and oxygen atoms in total. The van der Waals surface area contributed by atoms with E-state index < -0.39 is 0 Å². The first-order valence-corrected chi connectivity index (χ1v) is 4.62. The molecule has 0 aromatic carbocycles.